The van der Waals surface area contributed by atoms with Crippen LogP contribution in [0.3, 0.4) is 0 Å². The average molecular weight is 274 g/mol. The van der Waals surface area contributed by atoms with Gasteiger partial charge in [-0.2, -0.15) is 0 Å². The Hall–Kier alpha value is -0.860. The molecule has 1 aliphatic carbocycles. The van der Waals surface area contributed by atoms with Crippen molar-refractivity contribution in [1.82, 2.24) is 5.43 Å². The Kier molecular flexibility index (Phi) is 5.62. The van der Waals surface area contributed by atoms with Gasteiger partial charge in [-0.3, -0.25) is 11.3 Å². The fourth-order valence-corrected chi connectivity index (χ4v) is 3.83. The van der Waals surface area contributed by atoms with Crippen LogP contribution in [0.1, 0.15) is 60.8 Å². The van der Waals surface area contributed by atoms with Crippen LogP contribution in [0.5, 0.6) is 0 Å². The number of hydrogen-bond acceptors (Lipinski definition) is 2. The zero-order chi connectivity index (χ0) is 14.5. The van der Waals surface area contributed by atoms with Crippen molar-refractivity contribution in [1.29, 1.82) is 0 Å². The second-order valence-electron chi connectivity index (χ2n) is 6.61. The first-order chi connectivity index (χ1) is 9.61. The second-order valence-corrected chi connectivity index (χ2v) is 6.61. The summed E-state index contributed by atoms with van der Waals surface area (Å²) >= 11 is 0. The lowest BCUT2D eigenvalue weighted by atomic mass is 9.85. The summed E-state index contributed by atoms with van der Waals surface area (Å²) in [5.74, 6) is 6.62. The maximum atomic E-state index is 5.88. The van der Waals surface area contributed by atoms with E-state index in [1.54, 1.807) is 0 Å². The summed E-state index contributed by atoms with van der Waals surface area (Å²) < 4.78 is 0. The topological polar surface area (TPSA) is 38.0 Å². The minimum absolute atomic E-state index is 0.424. The molecule has 2 heteroatoms. The predicted octanol–water partition coefficient (Wildman–Crippen LogP) is 3.96. The van der Waals surface area contributed by atoms with Crippen LogP contribution in [-0.2, 0) is 6.42 Å². The van der Waals surface area contributed by atoms with Gasteiger partial charge < -0.3 is 0 Å². The summed E-state index contributed by atoms with van der Waals surface area (Å²) in [6, 6.07) is 5.01. The lowest BCUT2D eigenvalue weighted by Crippen LogP contribution is -2.42. The van der Waals surface area contributed by atoms with Gasteiger partial charge in [0.05, 0.1) is 0 Å². The highest BCUT2D eigenvalue weighted by molar-refractivity contribution is 5.38. The summed E-state index contributed by atoms with van der Waals surface area (Å²) in [6.45, 7) is 6.64. The number of nitrogens with one attached hydrogen (secondary N) is 1. The fraction of sp³-hybridized carbons (Fsp3) is 0.667. The van der Waals surface area contributed by atoms with Gasteiger partial charge in [-0.25, -0.2) is 0 Å². The smallest absolute Gasteiger partial charge is 0.0279 e. The first-order valence-electron chi connectivity index (χ1n) is 8.14. The van der Waals surface area contributed by atoms with Gasteiger partial charge in [0, 0.05) is 6.04 Å². The molecule has 1 aromatic carbocycles. The molecule has 0 aliphatic heterocycles. The van der Waals surface area contributed by atoms with Crippen molar-refractivity contribution in [2.45, 2.75) is 71.8 Å². The number of hydrogen-bond donors (Lipinski definition) is 2. The molecule has 1 saturated carbocycles. The molecule has 2 rings (SSSR count). The van der Waals surface area contributed by atoms with Gasteiger partial charge >= 0.3 is 0 Å². The number of rotatable bonds is 4. The van der Waals surface area contributed by atoms with E-state index in [4.69, 9.17) is 5.84 Å². The monoisotopic (exact) mass is 274 g/mol. The maximum Gasteiger partial charge on any atom is 0.0279 e. The van der Waals surface area contributed by atoms with Crippen molar-refractivity contribution in [2.75, 3.05) is 0 Å². The molecule has 1 aromatic rings. The highest BCUT2D eigenvalue weighted by Crippen LogP contribution is 2.28. The minimum Gasteiger partial charge on any atom is -0.271 e. The molecule has 1 unspecified atom stereocenters. The van der Waals surface area contributed by atoms with E-state index in [-0.39, 0.29) is 0 Å². The number of aryl methyl sites for hydroxylation is 3. The Morgan fingerprint density at radius 3 is 2.10 bits per heavy atom. The van der Waals surface area contributed by atoms with Crippen molar-refractivity contribution < 1.29 is 0 Å². The number of benzene rings is 1. The Morgan fingerprint density at radius 2 is 1.60 bits per heavy atom. The third-order valence-electron chi connectivity index (χ3n) is 4.95. The van der Waals surface area contributed by atoms with Crippen molar-refractivity contribution in [3.8, 4) is 0 Å². The molecule has 0 amide bonds. The largest absolute Gasteiger partial charge is 0.271 e. The molecule has 0 radical (unpaired) electrons. The highest BCUT2D eigenvalue weighted by atomic mass is 15.2. The quantitative estimate of drug-likeness (QED) is 0.495. The Balaban J connectivity index is 2.13. The highest BCUT2D eigenvalue weighted by Gasteiger charge is 2.23. The van der Waals surface area contributed by atoms with Crippen LogP contribution in [0.4, 0.5) is 0 Å². The molecule has 1 atom stereocenters. The van der Waals surface area contributed by atoms with Gasteiger partial charge in [-0.1, -0.05) is 43.4 Å². The summed E-state index contributed by atoms with van der Waals surface area (Å²) in [5, 5.41) is 0. The van der Waals surface area contributed by atoms with Gasteiger partial charge in [0.25, 0.3) is 0 Å². The van der Waals surface area contributed by atoms with E-state index >= 15 is 0 Å². The third-order valence-corrected chi connectivity index (χ3v) is 4.95. The first kappa shape index (κ1) is 15.5. The Labute approximate surface area is 124 Å². The molecule has 1 aliphatic rings. The SMILES string of the molecule is Cc1cc(C)c(CC(NN)C2CCCCCC2)c(C)c1. The summed E-state index contributed by atoms with van der Waals surface area (Å²) in [4.78, 5) is 0. The van der Waals surface area contributed by atoms with E-state index in [9.17, 15) is 0 Å². The van der Waals surface area contributed by atoms with Crippen molar-refractivity contribution in [2.24, 2.45) is 11.8 Å². The summed E-state index contributed by atoms with van der Waals surface area (Å²) in [5.41, 5.74) is 8.79. The molecule has 2 nitrogen and oxygen atoms in total. The minimum atomic E-state index is 0.424. The van der Waals surface area contributed by atoms with E-state index in [1.165, 1.54) is 60.8 Å². The molecule has 0 saturated heterocycles. The zero-order valence-corrected chi connectivity index (χ0v) is 13.3. The Bertz CT molecular complexity index is 408. The van der Waals surface area contributed by atoms with Crippen molar-refractivity contribution >= 4 is 0 Å². The van der Waals surface area contributed by atoms with Crippen LogP contribution in [0.2, 0.25) is 0 Å². The number of hydrazine groups is 1. The van der Waals surface area contributed by atoms with Crippen LogP contribution in [0.15, 0.2) is 12.1 Å². The van der Waals surface area contributed by atoms with Crippen LogP contribution >= 0.6 is 0 Å². The molecule has 20 heavy (non-hydrogen) atoms. The molecule has 0 spiro atoms. The van der Waals surface area contributed by atoms with Crippen LogP contribution in [-0.4, -0.2) is 6.04 Å². The molecular weight excluding hydrogens is 244 g/mol. The van der Waals surface area contributed by atoms with E-state index in [2.05, 4.69) is 38.3 Å². The lowest BCUT2D eigenvalue weighted by Gasteiger charge is -2.27. The molecule has 0 heterocycles. The molecule has 3 N–H and O–H groups in total. The standard InChI is InChI=1S/C18H30N2/c1-13-10-14(2)17(15(3)11-13)12-18(20-19)16-8-6-4-5-7-9-16/h10-11,16,18,20H,4-9,12,19H2,1-3H3. The fourth-order valence-electron chi connectivity index (χ4n) is 3.83. The Morgan fingerprint density at radius 1 is 1.05 bits per heavy atom. The van der Waals surface area contributed by atoms with Crippen LogP contribution < -0.4 is 11.3 Å². The second kappa shape index (κ2) is 7.24. The molecule has 1 fully saturated rings. The number of nitrogens with two attached hydrogens (primary N) is 1. The van der Waals surface area contributed by atoms with Gasteiger partial charge in [-0.15, -0.1) is 0 Å². The van der Waals surface area contributed by atoms with Crippen molar-refractivity contribution in [3.63, 3.8) is 0 Å². The van der Waals surface area contributed by atoms with E-state index in [0.29, 0.717) is 6.04 Å². The summed E-state index contributed by atoms with van der Waals surface area (Å²) in [7, 11) is 0. The molecular formula is C18H30N2. The normalized spacial score (nSPS) is 18.8. The van der Waals surface area contributed by atoms with Crippen LogP contribution in [0.25, 0.3) is 0 Å². The summed E-state index contributed by atoms with van der Waals surface area (Å²) in [6.07, 6.45) is 9.27. The van der Waals surface area contributed by atoms with Gasteiger partial charge in [0.2, 0.25) is 0 Å². The third kappa shape index (κ3) is 3.83. The van der Waals surface area contributed by atoms with Gasteiger partial charge in [-0.05, 0) is 62.6 Å². The average Bonchev–Trinajstić information content (AvgIpc) is 2.67. The zero-order valence-electron chi connectivity index (χ0n) is 13.3. The molecule has 112 valence electrons. The van der Waals surface area contributed by atoms with Crippen LogP contribution in [0, 0.1) is 26.7 Å². The van der Waals surface area contributed by atoms with Crippen molar-refractivity contribution in [3.05, 3.63) is 34.4 Å². The van der Waals surface area contributed by atoms with Gasteiger partial charge in [0.15, 0.2) is 0 Å². The van der Waals surface area contributed by atoms with Gasteiger partial charge in [0.1, 0.15) is 0 Å². The maximum absolute atomic E-state index is 5.88. The van der Waals surface area contributed by atoms with E-state index < -0.39 is 0 Å². The first-order valence-corrected chi connectivity index (χ1v) is 8.14. The predicted molar refractivity (Wildman–Crippen MR) is 86.7 cm³/mol. The molecule has 0 bridgehead atoms. The lowest BCUT2D eigenvalue weighted by molar-refractivity contribution is 0.320. The van der Waals surface area contributed by atoms with E-state index in [1.807, 2.05) is 0 Å². The van der Waals surface area contributed by atoms with E-state index in [0.717, 1.165) is 12.3 Å². The molecule has 0 aromatic heterocycles.